The molecule has 0 saturated heterocycles. The summed E-state index contributed by atoms with van der Waals surface area (Å²) in [6, 6.07) is 136. The molecule has 0 aliphatic heterocycles. The quantitative estimate of drug-likeness (QED) is 0.135. The van der Waals surface area contributed by atoms with Crippen molar-refractivity contribution in [2.45, 2.75) is 0 Å². The molecule has 0 N–H and O–H groups in total. The second kappa shape index (κ2) is 24.2. The van der Waals surface area contributed by atoms with Gasteiger partial charge in [-0.3, -0.25) is 0 Å². The van der Waals surface area contributed by atoms with Crippen LogP contribution < -0.4 is 9.80 Å². The van der Waals surface area contributed by atoms with Crippen LogP contribution >= 0.6 is 0 Å². The number of fused-ring (bicyclic) bond motifs is 18. The predicted molar refractivity (Wildman–Crippen MR) is 433 cm³/mol. The summed E-state index contributed by atoms with van der Waals surface area (Å²) in [7, 11) is 0. The van der Waals surface area contributed by atoms with E-state index in [9.17, 15) is 0 Å². The molecule has 21 aromatic rings. The van der Waals surface area contributed by atoms with Crippen molar-refractivity contribution < 1.29 is 8.83 Å². The van der Waals surface area contributed by atoms with E-state index in [0.29, 0.717) is 0 Å². The van der Waals surface area contributed by atoms with Crippen molar-refractivity contribution in [1.82, 2.24) is 0 Å². The van der Waals surface area contributed by atoms with Crippen molar-refractivity contribution >= 4 is 164 Å². The maximum absolute atomic E-state index is 6.70. The summed E-state index contributed by atoms with van der Waals surface area (Å²) in [5, 5.41) is 23.9. The van der Waals surface area contributed by atoms with Crippen molar-refractivity contribution in [3.8, 4) is 33.4 Å². The van der Waals surface area contributed by atoms with E-state index in [-0.39, 0.29) is 0 Å². The molecule has 0 amide bonds. The summed E-state index contributed by atoms with van der Waals surface area (Å²) in [5.74, 6) is 0. The highest BCUT2D eigenvalue weighted by Gasteiger charge is 2.25. The second-order valence-electron chi connectivity index (χ2n) is 26.6. The Morgan fingerprint density at radius 3 is 1.09 bits per heavy atom. The van der Waals surface area contributed by atoms with Gasteiger partial charge < -0.3 is 18.6 Å². The first-order valence-corrected chi connectivity index (χ1v) is 34.9. The molecular formula is C98H62N2O2. The summed E-state index contributed by atoms with van der Waals surface area (Å²) in [5.41, 5.74) is 17.4. The molecule has 476 valence electrons. The van der Waals surface area contributed by atoms with Gasteiger partial charge in [0.15, 0.2) is 0 Å². The molecule has 0 aliphatic carbocycles. The Kier molecular flexibility index (Phi) is 13.9. The standard InChI is InChI=1S/C52H33NO.C46H29NO/c1-3-15-41-36(11-1)13-9-20-42(41)37-25-23-34(24-26-37)35-27-30-40(31-28-35)53(49-33-39-12-2-4-16-43(39)44-17-5-6-18-45(44)49)48-21-10-14-38-29-32-47-46-19-7-8-22-50(46)54-52(47)51(38)48;1-3-13-37-30(9-1)11-7-16-39(37)32-21-24-35(25-22-32)47(36-26-28-40-34(29-36)20-19-31-10-2-4-14-38(31)40)43-17-8-12-33-23-27-42-41-15-5-6-18-44(41)48-46(42)45(33)43/h1-33H;1-29H. The van der Waals surface area contributed by atoms with Crippen molar-refractivity contribution in [2.24, 2.45) is 0 Å². The normalized spacial score (nSPS) is 11.7. The number of nitrogens with zero attached hydrogens (tertiary/aromatic N) is 2. The summed E-state index contributed by atoms with van der Waals surface area (Å²) in [4.78, 5) is 4.81. The zero-order chi connectivity index (χ0) is 67.2. The monoisotopic (exact) mass is 1300 g/mol. The van der Waals surface area contributed by atoms with Gasteiger partial charge in [-0.05, 0) is 182 Å². The van der Waals surface area contributed by atoms with Crippen LogP contribution in [0, 0.1) is 0 Å². The van der Waals surface area contributed by atoms with Crippen molar-refractivity contribution in [3.05, 3.63) is 376 Å². The largest absolute Gasteiger partial charge is 0.455 e. The average molecular weight is 1300 g/mol. The SMILES string of the molecule is c1ccc2c(-c3ccc(-c4ccc(N(c5cc6ccccc6c6ccccc56)c5cccc6ccc7c8ccccc8oc7c56)cc4)cc3)cccc2c1.c1ccc2c(-c3ccc(N(c4ccc5c(ccc6ccccc65)c4)c4cccc5ccc6c7ccccc7oc6c45)cc3)cccc2c1. The molecule has 102 heavy (non-hydrogen) atoms. The van der Waals surface area contributed by atoms with E-state index in [4.69, 9.17) is 8.83 Å². The predicted octanol–water partition coefficient (Wildman–Crippen LogP) is 28.3. The first kappa shape index (κ1) is 58.6. The lowest BCUT2D eigenvalue weighted by atomic mass is 9.96. The van der Waals surface area contributed by atoms with E-state index in [1.54, 1.807) is 0 Å². The van der Waals surface area contributed by atoms with Crippen molar-refractivity contribution in [2.75, 3.05) is 9.80 Å². The Hall–Kier alpha value is -13.5. The second-order valence-corrected chi connectivity index (χ2v) is 26.6. The van der Waals surface area contributed by atoms with Crippen LogP contribution in [0.1, 0.15) is 0 Å². The first-order chi connectivity index (χ1) is 50.6. The summed E-state index contributed by atoms with van der Waals surface area (Å²) in [6.07, 6.45) is 0. The number of benzene rings is 19. The molecule has 21 rings (SSSR count). The third-order valence-corrected chi connectivity index (χ3v) is 20.9. The third-order valence-electron chi connectivity index (χ3n) is 20.9. The number of para-hydroxylation sites is 2. The van der Waals surface area contributed by atoms with Gasteiger partial charge in [0.25, 0.3) is 0 Å². The molecule has 4 heteroatoms. The van der Waals surface area contributed by atoms with Crippen LogP contribution in [0.2, 0.25) is 0 Å². The highest BCUT2D eigenvalue weighted by Crippen LogP contribution is 2.49. The molecular weight excluding hydrogens is 1240 g/mol. The Morgan fingerprint density at radius 1 is 0.176 bits per heavy atom. The summed E-state index contributed by atoms with van der Waals surface area (Å²) in [6.45, 7) is 0. The van der Waals surface area contributed by atoms with Crippen molar-refractivity contribution in [1.29, 1.82) is 0 Å². The highest BCUT2D eigenvalue weighted by molar-refractivity contribution is 6.23. The minimum Gasteiger partial charge on any atom is -0.455 e. The lowest BCUT2D eigenvalue weighted by Gasteiger charge is -2.29. The maximum Gasteiger partial charge on any atom is 0.145 e. The minimum absolute atomic E-state index is 0.897. The lowest BCUT2D eigenvalue weighted by Crippen LogP contribution is -2.11. The van der Waals surface area contributed by atoms with Gasteiger partial charge in [0.2, 0.25) is 0 Å². The van der Waals surface area contributed by atoms with Gasteiger partial charge in [0.05, 0.1) is 17.1 Å². The lowest BCUT2D eigenvalue weighted by molar-refractivity contribution is 0.672. The van der Waals surface area contributed by atoms with Crippen LogP contribution in [0.15, 0.2) is 385 Å². The van der Waals surface area contributed by atoms with Gasteiger partial charge in [-0.1, -0.05) is 297 Å². The number of rotatable bonds is 9. The summed E-state index contributed by atoms with van der Waals surface area (Å²) < 4.78 is 13.3. The van der Waals surface area contributed by atoms with Gasteiger partial charge in [0, 0.05) is 54.8 Å². The molecule has 0 atom stereocenters. The van der Waals surface area contributed by atoms with E-state index < -0.39 is 0 Å². The van der Waals surface area contributed by atoms with Crippen LogP contribution in [-0.2, 0) is 0 Å². The van der Waals surface area contributed by atoms with Gasteiger partial charge >= 0.3 is 0 Å². The Morgan fingerprint density at radius 2 is 0.520 bits per heavy atom. The fourth-order valence-corrected chi connectivity index (χ4v) is 16.0. The van der Waals surface area contributed by atoms with Crippen LogP contribution in [0.25, 0.3) is 163 Å². The zero-order valence-electron chi connectivity index (χ0n) is 55.5. The molecule has 0 radical (unpaired) electrons. The Labute approximate surface area is 588 Å². The molecule has 0 saturated carbocycles. The van der Waals surface area contributed by atoms with Gasteiger partial charge in [-0.25, -0.2) is 0 Å². The fraction of sp³-hybridized carbons (Fsp3) is 0. The Bertz CT molecular complexity index is 6870. The van der Waals surface area contributed by atoms with E-state index in [0.717, 1.165) is 99.5 Å². The Balaban J connectivity index is 0.000000138. The maximum atomic E-state index is 6.70. The van der Waals surface area contributed by atoms with E-state index in [1.165, 1.54) is 98.0 Å². The molecule has 19 aromatic carbocycles. The zero-order valence-corrected chi connectivity index (χ0v) is 55.5. The average Bonchev–Trinajstić information content (AvgIpc) is 1.38. The van der Waals surface area contributed by atoms with Gasteiger partial charge in [0.1, 0.15) is 22.3 Å². The van der Waals surface area contributed by atoms with Crippen molar-refractivity contribution in [3.63, 3.8) is 0 Å². The molecule has 0 unspecified atom stereocenters. The third kappa shape index (κ3) is 9.83. The van der Waals surface area contributed by atoms with E-state index >= 15 is 0 Å². The molecule has 2 aromatic heterocycles. The molecule has 4 nitrogen and oxygen atoms in total. The van der Waals surface area contributed by atoms with Crippen LogP contribution in [0.4, 0.5) is 34.1 Å². The molecule has 0 spiro atoms. The molecule has 0 aliphatic rings. The van der Waals surface area contributed by atoms with Gasteiger partial charge in [-0.15, -0.1) is 0 Å². The van der Waals surface area contributed by atoms with Crippen LogP contribution in [0.3, 0.4) is 0 Å². The highest BCUT2D eigenvalue weighted by atomic mass is 16.3. The number of hydrogen-bond donors (Lipinski definition) is 0. The molecule has 0 bridgehead atoms. The fourth-order valence-electron chi connectivity index (χ4n) is 16.0. The minimum atomic E-state index is 0.897. The molecule has 2 heterocycles. The topological polar surface area (TPSA) is 32.8 Å². The smallest absolute Gasteiger partial charge is 0.145 e. The molecule has 0 fully saturated rings. The first-order valence-electron chi connectivity index (χ1n) is 34.9. The summed E-state index contributed by atoms with van der Waals surface area (Å²) >= 11 is 0. The van der Waals surface area contributed by atoms with Crippen LogP contribution in [0.5, 0.6) is 0 Å². The van der Waals surface area contributed by atoms with Crippen LogP contribution in [-0.4, -0.2) is 0 Å². The van der Waals surface area contributed by atoms with Gasteiger partial charge in [-0.2, -0.15) is 0 Å². The van der Waals surface area contributed by atoms with E-state index in [2.05, 4.69) is 374 Å². The van der Waals surface area contributed by atoms with E-state index in [1.807, 2.05) is 12.1 Å². The number of furan rings is 2. The number of hydrogen-bond acceptors (Lipinski definition) is 4. The number of anilines is 6.